The van der Waals surface area contributed by atoms with Gasteiger partial charge in [-0.2, -0.15) is 0 Å². The van der Waals surface area contributed by atoms with E-state index in [4.69, 9.17) is 15.2 Å². The predicted molar refractivity (Wildman–Crippen MR) is 72.4 cm³/mol. The standard InChI is InChI=1S/C13H28N2O3/c1-4-12(11-14)13(16)15(7-9-17-5-2)8-10-18-6-3/h12H,4-11,14H2,1-3H3. The van der Waals surface area contributed by atoms with Crippen LogP contribution in [0.15, 0.2) is 0 Å². The Hall–Kier alpha value is -0.650. The SMILES string of the molecule is CCOCCN(CCOCC)C(=O)C(CC)CN. The lowest BCUT2D eigenvalue weighted by Gasteiger charge is -2.26. The first-order chi connectivity index (χ1) is 8.71. The topological polar surface area (TPSA) is 64.8 Å². The van der Waals surface area contributed by atoms with Gasteiger partial charge >= 0.3 is 0 Å². The van der Waals surface area contributed by atoms with E-state index in [2.05, 4.69) is 0 Å². The minimum Gasteiger partial charge on any atom is -0.380 e. The van der Waals surface area contributed by atoms with Gasteiger partial charge < -0.3 is 20.1 Å². The lowest BCUT2D eigenvalue weighted by Crippen LogP contribution is -2.42. The number of hydrogen-bond acceptors (Lipinski definition) is 4. The summed E-state index contributed by atoms with van der Waals surface area (Å²) >= 11 is 0. The molecule has 0 aromatic rings. The summed E-state index contributed by atoms with van der Waals surface area (Å²) in [6.45, 7) is 9.95. The highest BCUT2D eigenvalue weighted by molar-refractivity contribution is 5.79. The molecule has 1 amide bonds. The maximum Gasteiger partial charge on any atom is 0.227 e. The first-order valence-electron chi connectivity index (χ1n) is 6.85. The first-order valence-corrected chi connectivity index (χ1v) is 6.85. The molecule has 0 aliphatic rings. The molecule has 0 spiro atoms. The van der Waals surface area contributed by atoms with Crippen LogP contribution in [0.4, 0.5) is 0 Å². The molecule has 0 bridgehead atoms. The molecule has 0 aromatic carbocycles. The van der Waals surface area contributed by atoms with Gasteiger partial charge in [-0.3, -0.25) is 4.79 Å². The molecule has 0 aromatic heterocycles. The average molecular weight is 260 g/mol. The average Bonchev–Trinajstić information content (AvgIpc) is 2.38. The summed E-state index contributed by atoms with van der Waals surface area (Å²) in [6.07, 6.45) is 0.773. The van der Waals surface area contributed by atoms with Crippen molar-refractivity contribution in [3.05, 3.63) is 0 Å². The summed E-state index contributed by atoms with van der Waals surface area (Å²) < 4.78 is 10.6. The smallest absolute Gasteiger partial charge is 0.227 e. The summed E-state index contributed by atoms with van der Waals surface area (Å²) in [5, 5.41) is 0. The molecule has 0 rings (SSSR count). The Kier molecular flexibility index (Phi) is 11.0. The quantitative estimate of drug-likeness (QED) is 0.560. The van der Waals surface area contributed by atoms with Crippen LogP contribution in [0.2, 0.25) is 0 Å². The van der Waals surface area contributed by atoms with Crippen LogP contribution in [0.3, 0.4) is 0 Å². The van der Waals surface area contributed by atoms with Crippen molar-refractivity contribution in [1.82, 2.24) is 4.90 Å². The molecule has 1 atom stereocenters. The van der Waals surface area contributed by atoms with Crippen molar-refractivity contribution in [3.63, 3.8) is 0 Å². The molecule has 108 valence electrons. The molecule has 0 radical (unpaired) electrons. The zero-order valence-corrected chi connectivity index (χ0v) is 12.0. The Morgan fingerprint density at radius 2 is 1.61 bits per heavy atom. The number of rotatable bonds is 11. The molecule has 2 N–H and O–H groups in total. The van der Waals surface area contributed by atoms with Gasteiger partial charge in [0.1, 0.15) is 0 Å². The van der Waals surface area contributed by atoms with Gasteiger partial charge in [0.2, 0.25) is 5.91 Å². The molecular formula is C13H28N2O3. The highest BCUT2D eigenvalue weighted by atomic mass is 16.5. The molecule has 0 fully saturated rings. The first kappa shape index (κ1) is 17.4. The number of ether oxygens (including phenoxy) is 2. The van der Waals surface area contributed by atoms with Crippen LogP contribution in [0, 0.1) is 5.92 Å². The van der Waals surface area contributed by atoms with E-state index in [1.165, 1.54) is 0 Å². The Morgan fingerprint density at radius 3 is 1.94 bits per heavy atom. The fourth-order valence-electron chi connectivity index (χ4n) is 1.67. The van der Waals surface area contributed by atoms with Gasteiger partial charge in [-0.1, -0.05) is 6.92 Å². The summed E-state index contributed by atoms with van der Waals surface area (Å²) in [4.78, 5) is 14.0. The fourth-order valence-corrected chi connectivity index (χ4v) is 1.67. The minimum atomic E-state index is -0.0896. The highest BCUT2D eigenvalue weighted by Gasteiger charge is 2.21. The third kappa shape index (κ3) is 6.93. The molecular weight excluding hydrogens is 232 g/mol. The lowest BCUT2D eigenvalue weighted by molar-refractivity contribution is -0.136. The molecule has 0 aliphatic heterocycles. The molecule has 0 aliphatic carbocycles. The Balaban J connectivity index is 4.27. The second-order valence-electron chi connectivity index (χ2n) is 4.06. The van der Waals surface area contributed by atoms with Gasteiger partial charge in [0.25, 0.3) is 0 Å². The van der Waals surface area contributed by atoms with Crippen LogP contribution in [0.25, 0.3) is 0 Å². The zero-order valence-electron chi connectivity index (χ0n) is 12.0. The Morgan fingerprint density at radius 1 is 1.11 bits per heavy atom. The van der Waals surface area contributed by atoms with Crippen LogP contribution in [0.1, 0.15) is 27.2 Å². The van der Waals surface area contributed by atoms with Gasteiger partial charge in [-0.05, 0) is 20.3 Å². The number of nitrogens with zero attached hydrogens (tertiary/aromatic N) is 1. The maximum atomic E-state index is 12.2. The van der Waals surface area contributed by atoms with E-state index in [9.17, 15) is 4.79 Å². The number of nitrogens with two attached hydrogens (primary N) is 1. The van der Waals surface area contributed by atoms with Crippen molar-refractivity contribution in [2.24, 2.45) is 11.7 Å². The monoisotopic (exact) mass is 260 g/mol. The molecule has 0 heterocycles. The molecule has 5 heteroatoms. The van der Waals surface area contributed by atoms with Crippen molar-refractivity contribution in [2.45, 2.75) is 27.2 Å². The molecule has 5 nitrogen and oxygen atoms in total. The van der Waals surface area contributed by atoms with Gasteiger partial charge in [-0.15, -0.1) is 0 Å². The van der Waals surface area contributed by atoms with E-state index in [0.29, 0.717) is 46.1 Å². The van der Waals surface area contributed by atoms with Gasteiger partial charge in [0, 0.05) is 32.8 Å². The molecule has 0 saturated heterocycles. The van der Waals surface area contributed by atoms with Crippen LogP contribution in [-0.4, -0.2) is 56.9 Å². The van der Waals surface area contributed by atoms with Crippen molar-refractivity contribution in [3.8, 4) is 0 Å². The Labute approximate surface area is 111 Å². The van der Waals surface area contributed by atoms with Crippen LogP contribution in [0.5, 0.6) is 0 Å². The van der Waals surface area contributed by atoms with Crippen molar-refractivity contribution in [2.75, 3.05) is 46.1 Å². The number of carbonyl (C=O) groups excluding carboxylic acids is 1. The largest absolute Gasteiger partial charge is 0.380 e. The number of amides is 1. The zero-order chi connectivity index (χ0) is 13.8. The van der Waals surface area contributed by atoms with Crippen LogP contribution < -0.4 is 5.73 Å². The van der Waals surface area contributed by atoms with E-state index in [0.717, 1.165) is 6.42 Å². The van der Waals surface area contributed by atoms with Gasteiger partial charge in [0.05, 0.1) is 19.1 Å². The second kappa shape index (κ2) is 11.4. The lowest BCUT2D eigenvalue weighted by atomic mass is 10.1. The van der Waals surface area contributed by atoms with E-state index in [1.54, 1.807) is 4.90 Å². The van der Waals surface area contributed by atoms with Crippen molar-refractivity contribution >= 4 is 5.91 Å². The van der Waals surface area contributed by atoms with Gasteiger partial charge in [0.15, 0.2) is 0 Å². The second-order valence-corrected chi connectivity index (χ2v) is 4.06. The fraction of sp³-hybridized carbons (Fsp3) is 0.923. The van der Waals surface area contributed by atoms with Crippen molar-refractivity contribution < 1.29 is 14.3 Å². The Bertz CT molecular complexity index is 198. The third-order valence-electron chi connectivity index (χ3n) is 2.86. The van der Waals surface area contributed by atoms with E-state index in [-0.39, 0.29) is 11.8 Å². The maximum absolute atomic E-state index is 12.2. The van der Waals surface area contributed by atoms with Crippen LogP contribution >= 0.6 is 0 Å². The van der Waals surface area contributed by atoms with Crippen LogP contribution in [-0.2, 0) is 14.3 Å². The molecule has 1 unspecified atom stereocenters. The summed E-state index contributed by atoms with van der Waals surface area (Å²) in [5.41, 5.74) is 5.62. The number of hydrogen-bond donors (Lipinski definition) is 1. The highest BCUT2D eigenvalue weighted by Crippen LogP contribution is 2.06. The molecule has 0 saturated carbocycles. The van der Waals surface area contributed by atoms with Crippen molar-refractivity contribution in [1.29, 1.82) is 0 Å². The van der Waals surface area contributed by atoms with E-state index >= 15 is 0 Å². The summed E-state index contributed by atoms with van der Waals surface area (Å²) in [6, 6.07) is 0. The predicted octanol–water partition coefficient (Wildman–Crippen LogP) is 0.873. The third-order valence-corrected chi connectivity index (χ3v) is 2.86. The molecule has 18 heavy (non-hydrogen) atoms. The minimum absolute atomic E-state index is 0.0896. The normalized spacial score (nSPS) is 12.4. The van der Waals surface area contributed by atoms with Gasteiger partial charge in [-0.25, -0.2) is 0 Å². The summed E-state index contributed by atoms with van der Waals surface area (Å²) in [5.74, 6) is 0.0210. The summed E-state index contributed by atoms with van der Waals surface area (Å²) in [7, 11) is 0. The van der Waals surface area contributed by atoms with E-state index in [1.807, 2.05) is 20.8 Å². The van der Waals surface area contributed by atoms with E-state index < -0.39 is 0 Å². The number of carbonyl (C=O) groups is 1.